The van der Waals surface area contributed by atoms with Crippen molar-refractivity contribution in [2.45, 2.75) is 19.3 Å². The molecular formula is C13H16O2. The van der Waals surface area contributed by atoms with E-state index in [1.807, 2.05) is 24.3 Å². The Labute approximate surface area is 90.9 Å². The van der Waals surface area contributed by atoms with Crippen molar-refractivity contribution < 1.29 is 9.84 Å². The second kappa shape index (κ2) is 6.92. The summed E-state index contributed by atoms with van der Waals surface area (Å²) >= 11 is 0. The Morgan fingerprint density at radius 3 is 2.93 bits per heavy atom. The summed E-state index contributed by atoms with van der Waals surface area (Å²) in [6.07, 6.45) is 2.61. The van der Waals surface area contributed by atoms with E-state index in [2.05, 4.69) is 11.8 Å². The summed E-state index contributed by atoms with van der Waals surface area (Å²) in [5.74, 6) is 6.97. The Kier molecular flexibility index (Phi) is 5.35. The van der Waals surface area contributed by atoms with Crippen LogP contribution in [0.25, 0.3) is 0 Å². The fraction of sp³-hybridized carbons (Fsp3) is 0.385. The van der Waals surface area contributed by atoms with Crippen LogP contribution in [-0.4, -0.2) is 18.8 Å². The van der Waals surface area contributed by atoms with Crippen molar-refractivity contribution >= 4 is 0 Å². The van der Waals surface area contributed by atoms with Gasteiger partial charge in [0.15, 0.2) is 0 Å². The minimum Gasteiger partial charge on any atom is -0.497 e. The molecule has 1 aromatic carbocycles. The Morgan fingerprint density at radius 1 is 1.33 bits per heavy atom. The number of aliphatic hydroxyl groups is 1. The molecular weight excluding hydrogens is 188 g/mol. The van der Waals surface area contributed by atoms with E-state index in [4.69, 9.17) is 9.84 Å². The van der Waals surface area contributed by atoms with Crippen LogP contribution in [0.5, 0.6) is 5.75 Å². The molecule has 0 radical (unpaired) electrons. The zero-order valence-corrected chi connectivity index (χ0v) is 8.99. The molecule has 0 bridgehead atoms. The van der Waals surface area contributed by atoms with E-state index in [9.17, 15) is 0 Å². The van der Waals surface area contributed by atoms with Crippen LogP contribution in [-0.2, 0) is 0 Å². The Bertz CT molecular complexity index is 347. The number of benzene rings is 1. The monoisotopic (exact) mass is 204 g/mol. The van der Waals surface area contributed by atoms with Gasteiger partial charge in [0, 0.05) is 18.6 Å². The zero-order chi connectivity index (χ0) is 10.9. The molecule has 0 atom stereocenters. The van der Waals surface area contributed by atoms with Gasteiger partial charge in [-0.05, 0) is 31.0 Å². The first-order valence-corrected chi connectivity index (χ1v) is 5.10. The number of unbranched alkanes of at least 4 members (excludes halogenated alkanes) is 2. The van der Waals surface area contributed by atoms with E-state index in [0.29, 0.717) is 0 Å². The highest BCUT2D eigenvalue weighted by atomic mass is 16.5. The van der Waals surface area contributed by atoms with Crippen molar-refractivity contribution in [1.29, 1.82) is 0 Å². The van der Waals surface area contributed by atoms with Crippen molar-refractivity contribution in [3.63, 3.8) is 0 Å². The maximum Gasteiger partial charge on any atom is 0.120 e. The van der Waals surface area contributed by atoms with Crippen molar-refractivity contribution in [2.75, 3.05) is 13.7 Å². The van der Waals surface area contributed by atoms with Crippen molar-refractivity contribution in [1.82, 2.24) is 0 Å². The quantitative estimate of drug-likeness (QED) is 0.602. The third-order valence-corrected chi connectivity index (χ3v) is 2.01. The molecule has 80 valence electrons. The molecule has 0 unspecified atom stereocenters. The number of ether oxygens (including phenoxy) is 1. The molecule has 0 amide bonds. The SMILES string of the molecule is COc1cccc(C#CCCCCO)c1. The highest BCUT2D eigenvalue weighted by molar-refractivity contribution is 5.39. The number of methoxy groups -OCH3 is 1. The molecule has 0 aromatic heterocycles. The van der Waals surface area contributed by atoms with Crippen molar-refractivity contribution in [3.8, 4) is 17.6 Å². The molecule has 0 fully saturated rings. The van der Waals surface area contributed by atoms with E-state index in [1.165, 1.54) is 0 Å². The van der Waals surface area contributed by atoms with E-state index < -0.39 is 0 Å². The largest absolute Gasteiger partial charge is 0.497 e. The molecule has 0 aliphatic carbocycles. The van der Waals surface area contributed by atoms with Gasteiger partial charge in [0.2, 0.25) is 0 Å². The first kappa shape index (κ1) is 11.6. The highest BCUT2D eigenvalue weighted by Crippen LogP contribution is 2.11. The van der Waals surface area contributed by atoms with Gasteiger partial charge in [-0.3, -0.25) is 0 Å². The molecule has 1 N–H and O–H groups in total. The maximum absolute atomic E-state index is 8.59. The molecule has 0 aliphatic rings. The summed E-state index contributed by atoms with van der Waals surface area (Å²) in [7, 11) is 1.65. The molecule has 2 nitrogen and oxygen atoms in total. The van der Waals surface area contributed by atoms with Gasteiger partial charge in [0.05, 0.1) is 7.11 Å². The second-order valence-corrected chi connectivity index (χ2v) is 3.21. The predicted molar refractivity (Wildman–Crippen MR) is 60.8 cm³/mol. The van der Waals surface area contributed by atoms with Crippen LogP contribution in [0.2, 0.25) is 0 Å². The summed E-state index contributed by atoms with van der Waals surface area (Å²) in [5, 5.41) is 8.59. The summed E-state index contributed by atoms with van der Waals surface area (Å²) in [6, 6.07) is 7.70. The fourth-order valence-electron chi connectivity index (χ4n) is 1.19. The summed E-state index contributed by atoms with van der Waals surface area (Å²) in [5.41, 5.74) is 0.971. The minimum absolute atomic E-state index is 0.251. The van der Waals surface area contributed by atoms with Crippen LogP contribution in [0.3, 0.4) is 0 Å². The molecule has 0 aliphatic heterocycles. The van der Waals surface area contributed by atoms with Crippen LogP contribution in [0.4, 0.5) is 0 Å². The summed E-state index contributed by atoms with van der Waals surface area (Å²) in [6.45, 7) is 0.251. The lowest BCUT2D eigenvalue weighted by molar-refractivity contribution is 0.285. The smallest absolute Gasteiger partial charge is 0.120 e. The normalized spacial score (nSPS) is 9.20. The second-order valence-electron chi connectivity index (χ2n) is 3.21. The van der Waals surface area contributed by atoms with Gasteiger partial charge in [-0.2, -0.15) is 0 Å². The van der Waals surface area contributed by atoms with Gasteiger partial charge in [0.25, 0.3) is 0 Å². The summed E-state index contributed by atoms with van der Waals surface area (Å²) in [4.78, 5) is 0. The molecule has 0 saturated carbocycles. The lowest BCUT2D eigenvalue weighted by atomic mass is 10.2. The van der Waals surface area contributed by atoms with Crippen LogP contribution in [0, 0.1) is 11.8 Å². The topological polar surface area (TPSA) is 29.5 Å². The van der Waals surface area contributed by atoms with Crippen LogP contribution >= 0.6 is 0 Å². The maximum atomic E-state index is 8.59. The standard InChI is InChI=1S/C13H16O2/c1-15-13-9-6-8-12(11-13)7-4-2-3-5-10-14/h6,8-9,11,14H,2-3,5,10H2,1H3. The van der Waals surface area contributed by atoms with E-state index in [1.54, 1.807) is 7.11 Å². The van der Waals surface area contributed by atoms with Crippen LogP contribution < -0.4 is 4.74 Å². The average Bonchev–Trinajstić information content (AvgIpc) is 2.29. The molecule has 0 spiro atoms. The molecule has 0 heterocycles. The first-order valence-electron chi connectivity index (χ1n) is 5.10. The van der Waals surface area contributed by atoms with Gasteiger partial charge in [-0.25, -0.2) is 0 Å². The lowest BCUT2D eigenvalue weighted by Gasteiger charge is -1.98. The van der Waals surface area contributed by atoms with Crippen LogP contribution in [0.15, 0.2) is 24.3 Å². The molecule has 1 aromatic rings. The molecule has 1 rings (SSSR count). The average molecular weight is 204 g/mol. The zero-order valence-electron chi connectivity index (χ0n) is 8.99. The summed E-state index contributed by atoms with van der Waals surface area (Å²) < 4.78 is 5.10. The van der Waals surface area contributed by atoms with E-state index >= 15 is 0 Å². The van der Waals surface area contributed by atoms with E-state index in [-0.39, 0.29) is 6.61 Å². The number of hydrogen-bond acceptors (Lipinski definition) is 2. The lowest BCUT2D eigenvalue weighted by Crippen LogP contribution is -1.83. The van der Waals surface area contributed by atoms with E-state index in [0.717, 1.165) is 30.6 Å². The Balaban J connectivity index is 2.48. The van der Waals surface area contributed by atoms with Gasteiger partial charge in [-0.1, -0.05) is 17.9 Å². The van der Waals surface area contributed by atoms with Crippen molar-refractivity contribution in [3.05, 3.63) is 29.8 Å². The van der Waals surface area contributed by atoms with Crippen molar-refractivity contribution in [2.24, 2.45) is 0 Å². The third kappa shape index (κ3) is 4.53. The Morgan fingerprint density at radius 2 is 2.20 bits per heavy atom. The molecule has 0 saturated heterocycles. The number of rotatable bonds is 4. The number of aliphatic hydroxyl groups excluding tert-OH is 1. The fourth-order valence-corrected chi connectivity index (χ4v) is 1.19. The number of hydrogen-bond donors (Lipinski definition) is 1. The third-order valence-electron chi connectivity index (χ3n) is 2.01. The molecule has 2 heteroatoms. The molecule has 15 heavy (non-hydrogen) atoms. The first-order chi connectivity index (χ1) is 7.36. The van der Waals surface area contributed by atoms with Gasteiger partial charge in [-0.15, -0.1) is 0 Å². The van der Waals surface area contributed by atoms with Crippen LogP contribution in [0.1, 0.15) is 24.8 Å². The highest BCUT2D eigenvalue weighted by Gasteiger charge is 1.90. The van der Waals surface area contributed by atoms with Gasteiger partial charge in [0.1, 0.15) is 5.75 Å². The predicted octanol–water partition coefficient (Wildman–Crippen LogP) is 2.21. The van der Waals surface area contributed by atoms with Gasteiger partial charge < -0.3 is 9.84 Å². The Hall–Kier alpha value is -1.46. The van der Waals surface area contributed by atoms with Gasteiger partial charge >= 0.3 is 0 Å². The minimum atomic E-state index is 0.251.